The first kappa shape index (κ1) is 9.49. The summed E-state index contributed by atoms with van der Waals surface area (Å²) in [6.45, 7) is 4.55. The Balaban J connectivity index is 4.22. The fraction of sp³-hybridized carbons (Fsp3) is 0.667. The van der Waals surface area contributed by atoms with Crippen molar-refractivity contribution >= 4 is 0 Å². The Labute approximate surface area is 57.9 Å². The lowest BCUT2D eigenvalue weighted by atomic mass is 10.1. The highest BCUT2D eigenvalue weighted by Gasteiger charge is 2.38. The predicted molar refractivity (Wildman–Crippen MR) is 33.7 cm³/mol. The SMILES string of the molecule is C=C(C)C(NC)C(F)(F)F. The van der Waals surface area contributed by atoms with E-state index >= 15 is 0 Å². The van der Waals surface area contributed by atoms with Crippen molar-refractivity contribution in [1.29, 1.82) is 0 Å². The molecule has 10 heavy (non-hydrogen) atoms. The fourth-order valence-corrected chi connectivity index (χ4v) is 0.689. The minimum atomic E-state index is -4.22. The molecule has 4 heteroatoms. The summed E-state index contributed by atoms with van der Waals surface area (Å²) in [4.78, 5) is 0. The van der Waals surface area contributed by atoms with E-state index in [1.165, 1.54) is 14.0 Å². The van der Waals surface area contributed by atoms with Crippen LogP contribution in [0.1, 0.15) is 6.92 Å². The maximum atomic E-state index is 11.8. The summed E-state index contributed by atoms with van der Waals surface area (Å²) in [6, 6.07) is -1.58. The number of hydrogen-bond donors (Lipinski definition) is 1. The second-order valence-electron chi connectivity index (χ2n) is 2.11. The summed E-state index contributed by atoms with van der Waals surface area (Å²) in [5.41, 5.74) is 0.0787. The van der Waals surface area contributed by atoms with Crippen LogP contribution in [0.5, 0.6) is 0 Å². The summed E-state index contributed by atoms with van der Waals surface area (Å²) >= 11 is 0. The van der Waals surface area contributed by atoms with E-state index in [4.69, 9.17) is 0 Å². The van der Waals surface area contributed by atoms with Crippen LogP contribution in [0, 0.1) is 0 Å². The van der Waals surface area contributed by atoms with Gasteiger partial charge < -0.3 is 5.32 Å². The summed E-state index contributed by atoms with van der Waals surface area (Å²) in [5, 5.41) is 2.12. The van der Waals surface area contributed by atoms with Crippen molar-refractivity contribution in [3.8, 4) is 0 Å². The Hall–Kier alpha value is -0.510. The average Bonchev–Trinajstić information content (AvgIpc) is 1.60. The van der Waals surface area contributed by atoms with E-state index in [1.54, 1.807) is 0 Å². The molecular formula is C6H10F3N. The predicted octanol–water partition coefficient (Wildman–Crippen LogP) is 1.71. The Morgan fingerprint density at radius 3 is 1.90 bits per heavy atom. The summed E-state index contributed by atoms with van der Waals surface area (Å²) in [7, 11) is 1.26. The smallest absolute Gasteiger partial charge is 0.306 e. The van der Waals surface area contributed by atoms with Crippen molar-refractivity contribution in [3.63, 3.8) is 0 Å². The third-order valence-electron chi connectivity index (χ3n) is 1.11. The van der Waals surface area contributed by atoms with Gasteiger partial charge in [-0.1, -0.05) is 12.2 Å². The lowest BCUT2D eigenvalue weighted by Gasteiger charge is -2.18. The molecule has 0 radical (unpaired) electrons. The molecular weight excluding hydrogens is 143 g/mol. The third kappa shape index (κ3) is 2.39. The van der Waals surface area contributed by atoms with E-state index in [9.17, 15) is 13.2 Å². The van der Waals surface area contributed by atoms with Gasteiger partial charge in [-0.3, -0.25) is 0 Å². The molecule has 1 N–H and O–H groups in total. The van der Waals surface area contributed by atoms with Crippen LogP contribution in [0.25, 0.3) is 0 Å². The molecule has 0 rings (SSSR count). The highest BCUT2D eigenvalue weighted by Crippen LogP contribution is 2.23. The van der Waals surface area contributed by atoms with E-state index in [2.05, 4.69) is 11.9 Å². The van der Waals surface area contributed by atoms with Gasteiger partial charge in [-0.2, -0.15) is 13.2 Å². The van der Waals surface area contributed by atoms with Crippen LogP contribution in [0.3, 0.4) is 0 Å². The standard InChI is InChI=1S/C6H10F3N/c1-4(2)5(10-3)6(7,8)9/h5,10H,1H2,2-3H3. The first-order valence-corrected chi connectivity index (χ1v) is 2.79. The van der Waals surface area contributed by atoms with E-state index in [-0.39, 0.29) is 5.57 Å². The zero-order chi connectivity index (χ0) is 8.36. The van der Waals surface area contributed by atoms with Gasteiger partial charge in [0.1, 0.15) is 6.04 Å². The van der Waals surface area contributed by atoms with E-state index in [0.717, 1.165) is 0 Å². The Kier molecular flexibility index (Phi) is 2.90. The first-order valence-electron chi connectivity index (χ1n) is 2.79. The maximum absolute atomic E-state index is 11.8. The molecule has 0 aliphatic rings. The van der Waals surface area contributed by atoms with Crippen molar-refractivity contribution < 1.29 is 13.2 Å². The monoisotopic (exact) mass is 153 g/mol. The molecule has 1 atom stereocenters. The van der Waals surface area contributed by atoms with Gasteiger partial charge in [0.2, 0.25) is 0 Å². The fourth-order valence-electron chi connectivity index (χ4n) is 0.689. The number of likely N-dealkylation sites (N-methyl/N-ethyl adjacent to an activating group) is 1. The van der Waals surface area contributed by atoms with Crippen LogP contribution in [0.15, 0.2) is 12.2 Å². The van der Waals surface area contributed by atoms with Gasteiger partial charge in [-0.05, 0) is 14.0 Å². The normalized spacial score (nSPS) is 14.9. The molecule has 0 aromatic heterocycles. The number of nitrogens with one attached hydrogen (secondary N) is 1. The second kappa shape index (κ2) is 3.05. The van der Waals surface area contributed by atoms with E-state index in [1.807, 2.05) is 0 Å². The van der Waals surface area contributed by atoms with E-state index < -0.39 is 12.2 Å². The van der Waals surface area contributed by atoms with Crippen LogP contribution in [-0.2, 0) is 0 Å². The average molecular weight is 153 g/mol. The quantitative estimate of drug-likeness (QED) is 0.595. The third-order valence-corrected chi connectivity index (χ3v) is 1.11. The molecule has 0 aliphatic heterocycles. The molecule has 0 fully saturated rings. The molecule has 0 aromatic rings. The zero-order valence-corrected chi connectivity index (χ0v) is 5.92. The van der Waals surface area contributed by atoms with Crippen molar-refractivity contribution in [3.05, 3.63) is 12.2 Å². The number of halogens is 3. The van der Waals surface area contributed by atoms with Crippen LogP contribution in [0.4, 0.5) is 13.2 Å². The molecule has 0 heterocycles. The molecule has 0 spiro atoms. The van der Waals surface area contributed by atoms with Gasteiger partial charge in [0.05, 0.1) is 0 Å². The number of rotatable bonds is 2. The lowest BCUT2D eigenvalue weighted by Crippen LogP contribution is -2.40. The van der Waals surface area contributed by atoms with Crippen LogP contribution >= 0.6 is 0 Å². The second-order valence-corrected chi connectivity index (χ2v) is 2.11. The molecule has 0 bridgehead atoms. The molecule has 1 unspecified atom stereocenters. The summed E-state index contributed by atoms with van der Waals surface area (Å²) in [5.74, 6) is 0. The van der Waals surface area contributed by atoms with Crippen LogP contribution < -0.4 is 5.32 Å². The first-order chi connectivity index (χ1) is 4.39. The van der Waals surface area contributed by atoms with Crippen molar-refractivity contribution in [1.82, 2.24) is 5.32 Å². The summed E-state index contributed by atoms with van der Waals surface area (Å²) < 4.78 is 35.5. The minimum absolute atomic E-state index is 0.0787. The largest absolute Gasteiger partial charge is 0.407 e. The van der Waals surface area contributed by atoms with E-state index in [0.29, 0.717) is 0 Å². The minimum Gasteiger partial charge on any atom is -0.306 e. The molecule has 0 aromatic carbocycles. The molecule has 0 saturated carbocycles. The van der Waals surface area contributed by atoms with Gasteiger partial charge in [0, 0.05) is 0 Å². The topological polar surface area (TPSA) is 12.0 Å². The van der Waals surface area contributed by atoms with Crippen LogP contribution in [-0.4, -0.2) is 19.3 Å². The molecule has 60 valence electrons. The number of alkyl halides is 3. The molecule has 1 nitrogen and oxygen atoms in total. The Bertz CT molecular complexity index is 127. The van der Waals surface area contributed by atoms with Gasteiger partial charge >= 0.3 is 6.18 Å². The Morgan fingerprint density at radius 2 is 1.90 bits per heavy atom. The van der Waals surface area contributed by atoms with Gasteiger partial charge in [-0.25, -0.2) is 0 Å². The molecule has 0 aliphatic carbocycles. The summed E-state index contributed by atoms with van der Waals surface area (Å²) in [6.07, 6.45) is -4.22. The van der Waals surface area contributed by atoms with Crippen LogP contribution in [0.2, 0.25) is 0 Å². The highest BCUT2D eigenvalue weighted by molar-refractivity contribution is 5.04. The number of hydrogen-bond acceptors (Lipinski definition) is 1. The van der Waals surface area contributed by atoms with Crippen molar-refractivity contribution in [2.24, 2.45) is 0 Å². The molecule has 0 saturated heterocycles. The van der Waals surface area contributed by atoms with Gasteiger partial charge in [0.15, 0.2) is 0 Å². The maximum Gasteiger partial charge on any atom is 0.407 e. The highest BCUT2D eigenvalue weighted by atomic mass is 19.4. The Morgan fingerprint density at radius 1 is 1.50 bits per heavy atom. The lowest BCUT2D eigenvalue weighted by molar-refractivity contribution is -0.145. The van der Waals surface area contributed by atoms with Crippen molar-refractivity contribution in [2.75, 3.05) is 7.05 Å². The van der Waals surface area contributed by atoms with Gasteiger partial charge in [0.25, 0.3) is 0 Å². The zero-order valence-electron chi connectivity index (χ0n) is 5.92. The van der Waals surface area contributed by atoms with Crippen molar-refractivity contribution in [2.45, 2.75) is 19.1 Å². The molecule has 0 amide bonds. The van der Waals surface area contributed by atoms with Gasteiger partial charge in [-0.15, -0.1) is 0 Å².